The summed E-state index contributed by atoms with van der Waals surface area (Å²) in [6, 6.07) is 27.7. The fraction of sp³-hybridized carbons (Fsp3) is 0.219. The Hall–Kier alpha value is -4.67. The minimum absolute atomic E-state index is 0.00654. The van der Waals surface area contributed by atoms with Crippen LogP contribution in [0.15, 0.2) is 90.6 Å². The van der Waals surface area contributed by atoms with E-state index in [0.29, 0.717) is 36.8 Å². The second kappa shape index (κ2) is 12.2. The molecule has 0 bridgehead atoms. The van der Waals surface area contributed by atoms with Gasteiger partial charge in [0.25, 0.3) is 5.91 Å². The maximum absolute atomic E-state index is 12.9. The van der Waals surface area contributed by atoms with Crippen LogP contribution in [0.5, 0.6) is 5.75 Å². The molecule has 0 radical (unpaired) electrons. The monoisotopic (exact) mass is 518 g/mol. The summed E-state index contributed by atoms with van der Waals surface area (Å²) < 4.78 is 13.4. The fourth-order valence-electron chi connectivity index (χ4n) is 4.43. The zero-order chi connectivity index (χ0) is 27.0. The number of rotatable bonds is 9. The van der Waals surface area contributed by atoms with Crippen LogP contribution < -0.4 is 10.1 Å². The molecule has 2 heterocycles. The largest absolute Gasteiger partial charge is 0.489 e. The average molecular weight is 519 g/mol. The van der Waals surface area contributed by atoms with Gasteiger partial charge in [0.2, 0.25) is 0 Å². The molecule has 1 aliphatic rings. The lowest BCUT2D eigenvalue weighted by Crippen LogP contribution is -2.32. The number of hydrogen-bond donors (Lipinski definition) is 1. The minimum atomic E-state index is -0.429. The van der Waals surface area contributed by atoms with Crippen molar-refractivity contribution in [1.29, 1.82) is 5.26 Å². The minimum Gasteiger partial charge on any atom is -0.489 e. The van der Waals surface area contributed by atoms with Gasteiger partial charge in [-0.15, -0.1) is 0 Å². The molecular formula is C32H30N4O3. The molecule has 1 fully saturated rings. The van der Waals surface area contributed by atoms with E-state index in [1.54, 1.807) is 10.8 Å². The van der Waals surface area contributed by atoms with Crippen molar-refractivity contribution < 1.29 is 14.3 Å². The van der Waals surface area contributed by atoms with E-state index in [1.165, 1.54) is 5.56 Å². The lowest BCUT2D eigenvalue weighted by atomic mass is 10.1. The fourth-order valence-corrected chi connectivity index (χ4v) is 4.43. The zero-order valence-electron chi connectivity index (χ0n) is 21.8. The number of hydrogen-bond acceptors (Lipinski definition) is 5. The number of ether oxygens (including phenoxy) is 2. The van der Waals surface area contributed by atoms with Gasteiger partial charge >= 0.3 is 0 Å². The summed E-state index contributed by atoms with van der Waals surface area (Å²) in [7, 11) is 0. The zero-order valence-corrected chi connectivity index (χ0v) is 21.8. The molecule has 3 aromatic carbocycles. The molecule has 39 heavy (non-hydrogen) atoms. The molecule has 0 saturated carbocycles. The first-order valence-corrected chi connectivity index (χ1v) is 13.0. The molecule has 1 aliphatic heterocycles. The van der Waals surface area contributed by atoms with E-state index in [-0.39, 0.29) is 11.7 Å². The van der Waals surface area contributed by atoms with Crippen LogP contribution >= 0.6 is 0 Å². The number of amides is 1. The van der Waals surface area contributed by atoms with Crippen LogP contribution in [0.1, 0.15) is 29.5 Å². The van der Waals surface area contributed by atoms with E-state index >= 15 is 0 Å². The second-order valence-electron chi connectivity index (χ2n) is 9.53. The number of nitrogens with one attached hydrogen (secondary N) is 1. The van der Waals surface area contributed by atoms with Gasteiger partial charge in [-0.3, -0.25) is 4.79 Å². The maximum Gasteiger partial charge on any atom is 0.262 e. The third-order valence-corrected chi connectivity index (χ3v) is 6.58. The molecule has 7 nitrogen and oxygen atoms in total. The predicted octanol–water partition coefficient (Wildman–Crippen LogP) is 5.63. The summed E-state index contributed by atoms with van der Waals surface area (Å²) >= 11 is 0. The van der Waals surface area contributed by atoms with E-state index in [9.17, 15) is 10.1 Å². The van der Waals surface area contributed by atoms with Crippen LogP contribution in [0.4, 0.5) is 0 Å². The van der Waals surface area contributed by atoms with Crippen molar-refractivity contribution in [2.45, 2.75) is 32.5 Å². The quantitative estimate of drug-likeness (QED) is 0.229. The number of nitriles is 1. The molecular weight excluding hydrogens is 488 g/mol. The van der Waals surface area contributed by atoms with Crippen LogP contribution in [0, 0.1) is 18.3 Å². The van der Waals surface area contributed by atoms with E-state index < -0.39 is 5.91 Å². The Morgan fingerprint density at radius 1 is 1.15 bits per heavy atom. The van der Waals surface area contributed by atoms with Gasteiger partial charge in [-0.2, -0.15) is 10.4 Å². The second-order valence-corrected chi connectivity index (χ2v) is 9.53. The third-order valence-electron chi connectivity index (χ3n) is 6.58. The van der Waals surface area contributed by atoms with Gasteiger partial charge in [-0.1, -0.05) is 60.2 Å². The molecule has 7 heteroatoms. The van der Waals surface area contributed by atoms with Gasteiger partial charge in [0.05, 0.1) is 11.8 Å². The molecule has 0 aliphatic carbocycles. The molecule has 5 rings (SSSR count). The number of nitrogens with zero attached hydrogens (tertiary/aromatic N) is 3. The van der Waals surface area contributed by atoms with Crippen molar-refractivity contribution in [3.63, 3.8) is 0 Å². The highest BCUT2D eigenvalue weighted by molar-refractivity contribution is 6.02. The summed E-state index contributed by atoms with van der Waals surface area (Å²) in [6.07, 6.45) is 5.30. The number of carbonyl (C=O) groups excluding carboxylic acids is 1. The average Bonchev–Trinajstić information content (AvgIpc) is 3.65. The third kappa shape index (κ3) is 6.61. The molecule has 1 N–H and O–H groups in total. The Morgan fingerprint density at radius 3 is 2.72 bits per heavy atom. The Kier molecular flexibility index (Phi) is 8.15. The van der Waals surface area contributed by atoms with E-state index in [2.05, 4.69) is 42.6 Å². The molecule has 1 aromatic heterocycles. The lowest BCUT2D eigenvalue weighted by molar-refractivity contribution is -0.117. The first-order chi connectivity index (χ1) is 19.1. The van der Waals surface area contributed by atoms with Crippen LogP contribution in [-0.2, 0) is 16.1 Å². The molecule has 1 saturated heterocycles. The highest BCUT2D eigenvalue weighted by atomic mass is 16.5. The van der Waals surface area contributed by atoms with Gasteiger partial charge in [-0.25, -0.2) is 4.68 Å². The van der Waals surface area contributed by atoms with Crippen molar-refractivity contribution in [2.75, 3.05) is 13.2 Å². The van der Waals surface area contributed by atoms with E-state index in [0.717, 1.165) is 29.7 Å². The van der Waals surface area contributed by atoms with E-state index in [1.807, 2.05) is 60.8 Å². The molecule has 1 atom stereocenters. The standard InChI is InChI=1S/C32H30N4O3/c1-23-12-14-24(15-13-23)22-39-29-10-5-7-25(18-29)31-27(21-36(35-31)28-8-3-2-4-9-28)17-26(19-33)32(37)34-20-30-11-6-16-38-30/h2-5,7-10,12-15,17-18,21,30H,6,11,16,20,22H2,1H3,(H,34,37)/b26-17-. The molecule has 1 amide bonds. The van der Waals surface area contributed by atoms with Crippen molar-refractivity contribution in [2.24, 2.45) is 0 Å². The van der Waals surface area contributed by atoms with Crippen LogP contribution in [0.2, 0.25) is 0 Å². The molecule has 4 aromatic rings. The summed E-state index contributed by atoms with van der Waals surface area (Å²) in [5.41, 5.74) is 5.26. The molecule has 196 valence electrons. The highest BCUT2D eigenvalue weighted by Gasteiger charge is 2.19. The van der Waals surface area contributed by atoms with Gasteiger partial charge in [-0.05, 0) is 55.7 Å². The summed E-state index contributed by atoms with van der Waals surface area (Å²) in [6.45, 7) is 3.59. The number of para-hydroxylation sites is 1. The smallest absolute Gasteiger partial charge is 0.262 e. The highest BCUT2D eigenvalue weighted by Crippen LogP contribution is 2.29. The Labute approximate surface area is 228 Å². The van der Waals surface area contributed by atoms with Crippen LogP contribution in [0.25, 0.3) is 23.0 Å². The Morgan fingerprint density at radius 2 is 1.97 bits per heavy atom. The van der Waals surface area contributed by atoms with Gasteiger partial charge in [0.1, 0.15) is 29.7 Å². The first-order valence-electron chi connectivity index (χ1n) is 13.0. The molecule has 1 unspecified atom stereocenters. The summed E-state index contributed by atoms with van der Waals surface area (Å²) in [5, 5.41) is 17.5. The van der Waals surface area contributed by atoms with Gasteiger partial charge in [0, 0.05) is 30.5 Å². The van der Waals surface area contributed by atoms with Gasteiger partial charge < -0.3 is 14.8 Å². The normalized spacial score (nSPS) is 15.1. The number of aryl methyl sites for hydroxylation is 1. The first kappa shape index (κ1) is 26.0. The van der Waals surface area contributed by atoms with Gasteiger partial charge in [0.15, 0.2) is 0 Å². The molecule has 0 spiro atoms. The predicted molar refractivity (Wildman–Crippen MR) is 150 cm³/mol. The number of benzene rings is 3. The Balaban J connectivity index is 1.43. The lowest BCUT2D eigenvalue weighted by Gasteiger charge is -2.10. The van der Waals surface area contributed by atoms with Crippen molar-refractivity contribution in [1.82, 2.24) is 15.1 Å². The van der Waals surface area contributed by atoms with Crippen molar-refractivity contribution in [3.8, 4) is 28.8 Å². The number of carbonyl (C=O) groups is 1. The topological polar surface area (TPSA) is 89.2 Å². The summed E-state index contributed by atoms with van der Waals surface area (Å²) in [4.78, 5) is 12.9. The van der Waals surface area contributed by atoms with Crippen LogP contribution in [0.3, 0.4) is 0 Å². The SMILES string of the molecule is Cc1ccc(COc2cccc(-c3nn(-c4ccccc4)cc3/C=C(/C#N)C(=O)NCC3CCCO3)c2)cc1. The Bertz CT molecular complexity index is 1490. The van der Waals surface area contributed by atoms with E-state index in [4.69, 9.17) is 14.6 Å². The maximum atomic E-state index is 12.9. The number of aromatic nitrogens is 2. The summed E-state index contributed by atoms with van der Waals surface area (Å²) in [5.74, 6) is 0.272. The van der Waals surface area contributed by atoms with Crippen LogP contribution in [-0.4, -0.2) is 34.9 Å². The van der Waals surface area contributed by atoms with Crippen molar-refractivity contribution in [3.05, 3.63) is 107 Å². The van der Waals surface area contributed by atoms with Crippen molar-refractivity contribution >= 4 is 12.0 Å².